The largest absolute Gasteiger partial charge is 0.497 e. The number of nitrogens with one attached hydrogen (secondary N) is 1. The highest BCUT2D eigenvalue weighted by Gasteiger charge is 2.22. The Labute approximate surface area is 177 Å². The van der Waals surface area contributed by atoms with Gasteiger partial charge in [0.1, 0.15) is 11.5 Å². The van der Waals surface area contributed by atoms with Gasteiger partial charge in [-0.05, 0) is 37.3 Å². The van der Waals surface area contributed by atoms with Crippen LogP contribution in [-0.2, 0) is 10.0 Å². The third-order valence-corrected chi connectivity index (χ3v) is 6.61. The van der Waals surface area contributed by atoms with Gasteiger partial charge in [0.15, 0.2) is 0 Å². The SMILES string of the molecule is CCN(CC)S(=O)(=O)c1cccc(C(=O)N/N=C(\C)c2ccc(OC)cc2OC)c1. The summed E-state index contributed by atoms with van der Waals surface area (Å²) in [6.45, 7) is 5.96. The summed E-state index contributed by atoms with van der Waals surface area (Å²) in [5.41, 5.74) is 3.88. The van der Waals surface area contributed by atoms with Gasteiger partial charge in [0.25, 0.3) is 5.91 Å². The Bertz CT molecular complexity index is 1030. The summed E-state index contributed by atoms with van der Waals surface area (Å²) < 4.78 is 37.2. The molecular weight excluding hydrogens is 406 g/mol. The maximum Gasteiger partial charge on any atom is 0.271 e. The van der Waals surface area contributed by atoms with Gasteiger partial charge in [-0.3, -0.25) is 4.79 Å². The molecule has 0 saturated heterocycles. The van der Waals surface area contributed by atoms with Crippen molar-refractivity contribution in [3.05, 3.63) is 53.6 Å². The molecule has 0 fully saturated rings. The molecule has 0 radical (unpaired) electrons. The van der Waals surface area contributed by atoms with E-state index in [1.807, 2.05) is 0 Å². The molecule has 2 aromatic rings. The summed E-state index contributed by atoms with van der Waals surface area (Å²) in [6, 6.07) is 11.2. The fourth-order valence-corrected chi connectivity index (χ4v) is 4.37. The molecule has 1 N–H and O–H groups in total. The maximum atomic E-state index is 12.7. The van der Waals surface area contributed by atoms with E-state index in [1.54, 1.807) is 46.1 Å². The number of hydrogen-bond acceptors (Lipinski definition) is 6. The average Bonchev–Trinajstić information content (AvgIpc) is 2.77. The van der Waals surface area contributed by atoms with E-state index in [0.717, 1.165) is 0 Å². The molecule has 30 heavy (non-hydrogen) atoms. The van der Waals surface area contributed by atoms with Crippen molar-refractivity contribution in [3.63, 3.8) is 0 Å². The lowest BCUT2D eigenvalue weighted by Crippen LogP contribution is -2.30. The maximum absolute atomic E-state index is 12.7. The van der Waals surface area contributed by atoms with E-state index in [9.17, 15) is 13.2 Å². The van der Waals surface area contributed by atoms with Crippen LogP contribution in [0.5, 0.6) is 11.5 Å². The van der Waals surface area contributed by atoms with E-state index in [1.165, 1.54) is 35.7 Å². The highest BCUT2D eigenvalue weighted by molar-refractivity contribution is 7.89. The highest BCUT2D eigenvalue weighted by atomic mass is 32.2. The van der Waals surface area contributed by atoms with Crippen LogP contribution in [0.25, 0.3) is 0 Å². The molecule has 0 bridgehead atoms. The summed E-state index contributed by atoms with van der Waals surface area (Å²) in [7, 11) is -0.565. The van der Waals surface area contributed by atoms with Gasteiger partial charge in [-0.2, -0.15) is 9.41 Å². The first-order valence-electron chi connectivity index (χ1n) is 9.45. The lowest BCUT2D eigenvalue weighted by Gasteiger charge is -2.18. The smallest absolute Gasteiger partial charge is 0.271 e. The minimum Gasteiger partial charge on any atom is -0.497 e. The summed E-state index contributed by atoms with van der Waals surface area (Å²) >= 11 is 0. The Morgan fingerprint density at radius 3 is 2.37 bits per heavy atom. The zero-order chi connectivity index (χ0) is 22.3. The summed E-state index contributed by atoms with van der Waals surface area (Å²) in [5, 5.41) is 4.13. The van der Waals surface area contributed by atoms with Crippen LogP contribution in [0.2, 0.25) is 0 Å². The van der Waals surface area contributed by atoms with E-state index in [0.29, 0.717) is 35.9 Å². The molecule has 2 rings (SSSR count). The first-order chi connectivity index (χ1) is 14.3. The molecule has 0 aliphatic rings. The zero-order valence-electron chi connectivity index (χ0n) is 17.8. The number of carbonyl (C=O) groups excluding carboxylic acids is 1. The lowest BCUT2D eigenvalue weighted by molar-refractivity contribution is 0.0954. The van der Waals surface area contributed by atoms with Crippen molar-refractivity contribution in [2.75, 3.05) is 27.3 Å². The molecule has 9 heteroatoms. The molecule has 1 amide bonds. The Kier molecular flexibility index (Phi) is 7.96. The third-order valence-electron chi connectivity index (χ3n) is 4.56. The van der Waals surface area contributed by atoms with Crippen molar-refractivity contribution in [2.24, 2.45) is 5.10 Å². The van der Waals surface area contributed by atoms with Gasteiger partial charge < -0.3 is 9.47 Å². The molecular formula is C21H27N3O5S. The van der Waals surface area contributed by atoms with Crippen molar-refractivity contribution in [1.29, 1.82) is 0 Å². The number of hydrazone groups is 1. The Balaban J connectivity index is 2.25. The molecule has 0 spiro atoms. The van der Waals surface area contributed by atoms with Crippen LogP contribution in [0.15, 0.2) is 52.5 Å². The van der Waals surface area contributed by atoms with Crippen molar-refractivity contribution in [3.8, 4) is 11.5 Å². The topological polar surface area (TPSA) is 97.3 Å². The molecule has 162 valence electrons. The molecule has 0 atom stereocenters. The van der Waals surface area contributed by atoms with E-state index in [4.69, 9.17) is 9.47 Å². The Morgan fingerprint density at radius 1 is 1.07 bits per heavy atom. The second-order valence-electron chi connectivity index (χ2n) is 6.32. The molecule has 0 heterocycles. The van der Waals surface area contributed by atoms with E-state index in [2.05, 4.69) is 10.5 Å². The number of ether oxygens (including phenoxy) is 2. The summed E-state index contributed by atoms with van der Waals surface area (Å²) in [5.74, 6) is 0.675. The quantitative estimate of drug-likeness (QED) is 0.484. The van der Waals surface area contributed by atoms with Gasteiger partial charge in [-0.1, -0.05) is 19.9 Å². The van der Waals surface area contributed by atoms with E-state index >= 15 is 0 Å². The highest BCUT2D eigenvalue weighted by Crippen LogP contribution is 2.25. The molecule has 0 aliphatic carbocycles. The minimum atomic E-state index is -3.66. The molecule has 0 saturated carbocycles. The van der Waals surface area contributed by atoms with Crippen LogP contribution in [0.1, 0.15) is 36.7 Å². The van der Waals surface area contributed by atoms with Gasteiger partial charge in [-0.25, -0.2) is 13.8 Å². The minimum absolute atomic E-state index is 0.0661. The van der Waals surface area contributed by atoms with Crippen molar-refractivity contribution in [2.45, 2.75) is 25.7 Å². The summed E-state index contributed by atoms with van der Waals surface area (Å²) in [6.07, 6.45) is 0. The fraction of sp³-hybridized carbons (Fsp3) is 0.333. The standard InChI is InChI=1S/C21H27N3O5S/c1-6-24(7-2)30(26,27)18-10-8-9-16(13-18)21(25)23-22-15(3)19-12-11-17(28-4)14-20(19)29-5/h8-14H,6-7H2,1-5H3,(H,23,25)/b22-15+. The first-order valence-corrected chi connectivity index (χ1v) is 10.9. The molecule has 0 aliphatic heterocycles. The second-order valence-corrected chi connectivity index (χ2v) is 8.26. The normalized spacial score (nSPS) is 12.0. The van der Waals surface area contributed by atoms with E-state index in [-0.39, 0.29) is 10.5 Å². The van der Waals surface area contributed by atoms with Crippen LogP contribution < -0.4 is 14.9 Å². The first kappa shape index (κ1) is 23.4. The Morgan fingerprint density at radius 2 is 1.77 bits per heavy atom. The summed E-state index contributed by atoms with van der Waals surface area (Å²) in [4.78, 5) is 12.6. The van der Waals surface area contributed by atoms with E-state index < -0.39 is 15.9 Å². The molecule has 2 aromatic carbocycles. The number of sulfonamides is 1. The van der Waals surface area contributed by atoms with Crippen LogP contribution in [0.4, 0.5) is 0 Å². The van der Waals surface area contributed by atoms with Crippen molar-refractivity contribution < 1.29 is 22.7 Å². The monoisotopic (exact) mass is 433 g/mol. The number of hydrogen-bond donors (Lipinski definition) is 1. The number of nitrogens with zero attached hydrogens (tertiary/aromatic N) is 2. The van der Waals surface area contributed by atoms with Gasteiger partial charge in [0.05, 0.1) is 24.8 Å². The van der Waals surface area contributed by atoms with Gasteiger partial charge in [-0.15, -0.1) is 0 Å². The number of carbonyl (C=O) groups is 1. The number of amides is 1. The lowest BCUT2D eigenvalue weighted by atomic mass is 10.1. The number of methoxy groups -OCH3 is 2. The van der Waals surface area contributed by atoms with Gasteiger partial charge in [0.2, 0.25) is 10.0 Å². The average molecular weight is 434 g/mol. The second kappa shape index (κ2) is 10.2. The molecule has 8 nitrogen and oxygen atoms in total. The van der Waals surface area contributed by atoms with Crippen LogP contribution in [0, 0.1) is 0 Å². The molecule has 0 aromatic heterocycles. The predicted molar refractivity (Wildman–Crippen MR) is 116 cm³/mol. The number of benzene rings is 2. The van der Waals surface area contributed by atoms with Crippen LogP contribution in [0.3, 0.4) is 0 Å². The van der Waals surface area contributed by atoms with Crippen molar-refractivity contribution in [1.82, 2.24) is 9.73 Å². The molecule has 0 unspecified atom stereocenters. The van der Waals surface area contributed by atoms with Gasteiger partial charge in [0, 0.05) is 30.3 Å². The third kappa shape index (κ3) is 5.17. The van der Waals surface area contributed by atoms with Crippen LogP contribution in [-0.4, -0.2) is 51.7 Å². The predicted octanol–water partition coefficient (Wildman–Crippen LogP) is 2.89. The zero-order valence-corrected chi connectivity index (χ0v) is 18.6. The fourth-order valence-electron chi connectivity index (χ4n) is 2.87. The number of rotatable bonds is 9. The van der Waals surface area contributed by atoms with Gasteiger partial charge >= 0.3 is 0 Å². The van der Waals surface area contributed by atoms with Crippen LogP contribution >= 0.6 is 0 Å². The Hall–Kier alpha value is -2.91. The van der Waals surface area contributed by atoms with Crippen molar-refractivity contribution >= 4 is 21.6 Å².